The van der Waals surface area contributed by atoms with Crippen LogP contribution in [-0.2, 0) is 0 Å². The highest BCUT2D eigenvalue weighted by molar-refractivity contribution is 5.90. The lowest BCUT2D eigenvalue weighted by atomic mass is 10.1. The van der Waals surface area contributed by atoms with Crippen molar-refractivity contribution in [3.8, 4) is 11.3 Å². The lowest BCUT2D eigenvalue weighted by molar-refractivity contribution is 0.222. The van der Waals surface area contributed by atoms with E-state index in [1.165, 1.54) is 0 Å². The SMILES string of the molecule is O=C(Nc1cccc(Nc2nccc(-c3ccc4nc(C5CC5)[nH]c(=O)c4c3)n2)c1)N1CCCC1. The average molecular weight is 468 g/mol. The van der Waals surface area contributed by atoms with Gasteiger partial charge in [-0.25, -0.2) is 19.7 Å². The number of rotatable bonds is 5. The Morgan fingerprint density at radius 3 is 2.66 bits per heavy atom. The van der Waals surface area contributed by atoms with Crippen LogP contribution in [0.25, 0.3) is 22.2 Å². The molecule has 0 unspecified atom stereocenters. The lowest BCUT2D eigenvalue weighted by Crippen LogP contribution is -2.32. The molecule has 3 heterocycles. The van der Waals surface area contributed by atoms with E-state index in [9.17, 15) is 9.59 Å². The van der Waals surface area contributed by atoms with Crippen LogP contribution >= 0.6 is 0 Å². The molecule has 9 heteroatoms. The zero-order valence-corrected chi connectivity index (χ0v) is 19.1. The van der Waals surface area contributed by atoms with Gasteiger partial charge in [-0.1, -0.05) is 12.1 Å². The molecule has 1 aliphatic carbocycles. The van der Waals surface area contributed by atoms with Gasteiger partial charge in [0, 0.05) is 42.1 Å². The number of amides is 2. The fourth-order valence-electron chi connectivity index (χ4n) is 4.37. The molecule has 176 valence electrons. The summed E-state index contributed by atoms with van der Waals surface area (Å²) in [6.45, 7) is 1.59. The molecule has 2 aliphatic rings. The van der Waals surface area contributed by atoms with Gasteiger partial charge in [0.15, 0.2) is 0 Å². The summed E-state index contributed by atoms with van der Waals surface area (Å²) in [4.78, 5) is 43.4. The Hall–Kier alpha value is -4.27. The van der Waals surface area contributed by atoms with Gasteiger partial charge in [-0.05, 0) is 62.1 Å². The van der Waals surface area contributed by atoms with Crippen LogP contribution in [0, 0.1) is 0 Å². The van der Waals surface area contributed by atoms with Gasteiger partial charge >= 0.3 is 6.03 Å². The van der Waals surface area contributed by atoms with Crippen LogP contribution < -0.4 is 16.2 Å². The normalized spacial score (nSPS) is 15.4. The van der Waals surface area contributed by atoms with Crippen LogP contribution in [0.5, 0.6) is 0 Å². The molecule has 0 radical (unpaired) electrons. The van der Waals surface area contributed by atoms with E-state index in [-0.39, 0.29) is 11.6 Å². The Labute approximate surface area is 201 Å². The molecular weight excluding hydrogens is 442 g/mol. The number of fused-ring (bicyclic) bond motifs is 1. The molecule has 35 heavy (non-hydrogen) atoms. The zero-order chi connectivity index (χ0) is 23.8. The predicted molar refractivity (Wildman–Crippen MR) is 135 cm³/mol. The summed E-state index contributed by atoms with van der Waals surface area (Å²) < 4.78 is 0. The first kappa shape index (κ1) is 21.3. The van der Waals surface area contributed by atoms with Crippen LogP contribution in [0.4, 0.5) is 22.1 Å². The van der Waals surface area contributed by atoms with E-state index >= 15 is 0 Å². The topological polar surface area (TPSA) is 116 Å². The molecule has 2 aromatic carbocycles. The number of urea groups is 1. The minimum Gasteiger partial charge on any atom is -0.325 e. The summed E-state index contributed by atoms with van der Waals surface area (Å²) in [5.41, 5.74) is 3.52. The number of nitrogens with one attached hydrogen (secondary N) is 3. The second kappa shape index (κ2) is 8.83. The van der Waals surface area contributed by atoms with Gasteiger partial charge in [-0.2, -0.15) is 0 Å². The number of nitrogens with zero attached hydrogens (tertiary/aromatic N) is 4. The molecule has 2 fully saturated rings. The summed E-state index contributed by atoms with van der Waals surface area (Å²) >= 11 is 0. The zero-order valence-electron chi connectivity index (χ0n) is 19.1. The Kier molecular flexibility index (Phi) is 5.36. The minimum atomic E-state index is -0.126. The van der Waals surface area contributed by atoms with Crippen molar-refractivity contribution < 1.29 is 4.79 Å². The molecule has 1 saturated carbocycles. The third-order valence-electron chi connectivity index (χ3n) is 6.40. The second-order valence-electron chi connectivity index (χ2n) is 9.05. The van der Waals surface area contributed by atoms with Crippen molar-refractivity contribution in [2.75, 3.05) is 23.7 Å². The van der Waals surface area contributed by atoms with Crippen molar-refractivity contribution in [1.29, 1.82) is 0 Å². The molecule has 6 rings (SSSR count). The molecule has 2 aromatic heterocycles. The van der Waals surface area contributed by atoms with E-state index in [0.717, 1.165) is 55.8 Å². The van der Waals surface area contributed by atoms with Crippen molar-refractivity contribution in [3.63, 3.8) is 0 Å². The monoisotopic (exact) mass is 467 g/mol. The van der Waals surface area contributed by atoms with E-state index in [4.69, 9.17) is 0 Å². The van der Waals surface area contributed by atoms with Gasteiger partial charge in [0.2, 0.25) is 5.95 Å². The van der Waals surface area contributed by atoms with Gasteiger partial charge in [0.25, 0.3) is 5.56 Å². The van der Waals surface area contributed by atoms with Crippen LogP contribution in [0.15, 0.2) is 59.5 Å². The predicted octanol–water partition coefficient (Wildman–Crippen LogP) is 4.63. The summed E-state index contributed by atoms with van der Waals surface area (Å²) in [6, 6.07) is 14.8. The second-order valence-corrected chi connectivity index (χ2v) is 9.05. The fraction of sp³-hybridized carbons (Fsp3) is 0.269. The van der Waals surface area contributed by atoms with E-state index in [1.54, 1.807) is 12.3 Å². The molecule has 4 aromatic rings. The van der Waals surface area contributed by atoms with Crippen molar-refractivity contribution >= 4 is 34.3 Å². The summed E-state index contributed by atoms with van der Waals surface area (Å²) in [5.74, 6) is 1.58. The average Bonchev–Trinajstić information content (AvgIpc) is 3.57. The quantitative estimate of drug-likeness (QED) is 0.394. The fourth-order valence-corrected chi connectivity index (χ4v) is 4.37. The Bertz CT molecular complexity index is 1470. The largest absolute Gasteiger partial charge is 0.325 e. The van der Waals surface area contributed by atoms with Gasteiger partial charge in [0.1, 0.15) is 5.82 Å². The molecular formula is C26H25N7O2. The van der Waals surface area contributed by atoms with Crippen LogP contribution in [0.1, 0.15) is 37.4 Å². The van der Waals surface area contributed by atoms with Crippen molar-refractivity contribution in [3.05, 3.63) is 70.9 Å². The standard InChI is InChI=1S/C26H25N7O2/c34-24-20-14-17(8-9-22(20)30-23(32-24)16-6-7-16)21-10-11-27-25(31-21)28-18-4-3-5-19(15-18)29-26(35)33-12-1-2-13-33/h3-5,8-11,14-16H,1-2,6-7,12-13H2,(H,29,35)(H,27,28,31)(H,30,32,34). The molecule has 0 atom stereocenters. The Morgan fingerprint density at radius 2 is 1.83 bits per heavy atom. The van der Waals surface area contributed by atoms with Crippen molar-refractivity contribution in [2.45, 2.75) is 31.6 Å². The number of H-pyrrole nitrogens is 1. The molecule has 2 amide bonds. The summed E-state index contributed by atoms with van der Waals surface area (Å²) in [5, 5.41) is 6.70. The first-order chi connectivity index (χ1) is 17.1. The maximum atomic E-state index is 12.6. The van der Waals surface area contributed by atoms with Crippen LogP contribution in [0.3, 0.4) is 0 Å². The summed E-state index contributed by atoms with van der Waals surface area (Å²) in [7, 11) is 0. The van der Waals surface area contributed by atoms with E-state index in [2.05, 4.69) is 30.6 Å². The van der Waals surface area contributed by atoms with E-state index < -0.39 is 0 Å². The maximum absolute atomic E-state index is 12.6. The van der Waals surface area contributed by atoms with Crippen LogP contribution in [0.2, 0.25) is 0 Å². The maximum Gasteiger partial charge on any atom is 0.321 e. The number of hydrogen-bond donors (Lipinski definition) is 3. The van der Waals surface area contributed by atoms with Gasteiger partial charge < -0.3 is 20.5 Å². The number of anilines is 3. The first-order valence-electron chi connectivity index (χ1n) is 11.9. The molecule has 1 aliphatic heterocycles. The number of benzene rings is 2. The third-order valence-corrected chi connectivity index (χ3v) is 6.40. The number of likely N-dealkylation sites (tertiary alicyclic amines) is 1. The van der Waals surface area contributed by atoms with Gasteiger partial charge in [-0.15, -0.1) is 0 Å². The van der Waals surface area contributed by atoms with E-state index in [1.807, 2.05) is 47.4 Å². The van der Waals surface area contributed by atoms with Crippen molar-refractivity contribution in [1.82, 2.24) is 24.8 Å². The number of aromatic amines is 1. The summed E-state index contributed by atoms with van der Waals surface area (Å²) in [6.07, 6.45) is 5.93. The Balaban J connectivity index is 1.22. The minimum absolute atomic E-state index is 0.0806. The first-order valence-corrected chi connectivity index (χ1v) is 11.9. The number of hydrogen-bond acceptors (Lipinski definition) is 6. The van der Waals surface area contributed by atoms with Crippen LogP contribution in [-0.4, -0.2) is 44.0 Å². The molecule has 0 bridgehead atoms. The highest BCUT2D eigenvalue weighted by atomic mass is 16.2. The number of carbonyl (C=O) groups excluding carboxylic acids is 1. The number of carbonyl (C=O) groups is 1. The van der Waals surface area contributed by atoms with E-state index in [0.29, 0.717) is 34.2 Å². The van der Waals surface area contributed by atoms with Crippen molar-refractivity contribution in [2.24, 2.45) is 0 Å². The smallest absolute Gasteiger partial charge is 0.321 e. The molecule has 9 nitrogen and oxygen atoms in total. The van der Waals surface area contributed by atoms with Gasteiger partial charge in [-0.3, -0.25) is 4.79 Å². The molecule has 1 saturated heterocycles. The molecule has 3 N–H and O–H groups in total. The third kappa shape index (κ3) is 4.57. The highest BCUT2D eigenvalue weighted by Crippen LogP contribution is 2.38. The Morgan fingerprint density at radius 1 is 1.00 bits per heavy atom. The highest BCUT2D eigenvalue weighted by Gasteiger charge is 2.26. The number of aromatic nitrogens is 4. The van der Waals surface area contributed by atoms with Gasteiger partial charge in [0.05, 0.1) is 16.6 Å². The molecule has 0 spiro atoms. The lowest BCUT2D eigenvalue weighted by Gasteiger charge is -2.16.